The average molecular weight is 291 g/mol. The summed E-state index contributed by atoms with van der Waals surface area (Å²) in [5.41, 5.74) is 1.84. The van der Waals surface area contributed by atoms with Crippen LogP contribution in [0.2, 0.25) is 0 Å². The van der Waals surface area contributed by atoms with Crippen LogP contribution in [-0.4, -0.2) is 22.2 Å². The average Bonchev–Trinajstić information content (AvgIpc) is 2.85. The molecule has 1 aromatic heterocycles. The number of nitrogens with one attached hydrogen (secondary N) is 2. The highest BCUT2D eigenvalue weighted by Gasteiger charge is 2.11. The molecule has 0 unspecified atom stereocenters. The smallest absolute Gasteiger partial charge is 0.255 e. The molecule has 0 bridgehead atoms. The lowest BCUT2D eigenvalue weighted by molar-refractivity contribution is 0.0950. The van der Waals surface area contributed by atoms with E-state index in [1.54, 1.807) is 19.1 Å². The van der Waals surface area contributed by atoms with Gasteiger partial charge in [0, 0.05) is 12.2 Å². The highest BCUT2D eigenvalue weighted by atomic mass is 19.1. The first-order chi connectivity index (χ1) is 9.97. The van der Waals surface area contributed by atoms with E-state index in [4.69, 9.17) is 4.74 Å². The highest BCUT2D eigenvalue weighted by molar-refractivity contribution is 5.94. The number of hydrogen-bond donors (Lipinski definition) is 2. The van der Waals surface area contributed by atoms with Crippen LogP contribution in [0.15, 0.2) is 24.4 Å². The number of benzene rings is 1. The zero-order valence-corrected chi connectivity index (χ0v) is 12.2. The van der Waals surface area contributed by atoms with Crippen LogP contribution in [0, 0.1) is 12.7 Å². The number of ether oxygens (including phenoxy) is 1. The van der Waals surface area contributed by atoms with Crippen molar-refractivity contribution < 1.29 is 13.9 Å². The van der Waals surface area contributed by atoms with Crippen molar-refractivity contribution in [3.05, 3.63) is 47.0 Å². The number of aryl methyl sites for hydroxylation is 1. The van der Waals surface area contributed by atoms with Gasteiger partial charge in [-0.2, -0.15) is 5.10 Å². The number of nitrogens with zero attached hydrogens (tertiary/aromatic N) is 1. The van der Waals surface area contributed by atoms with E-state index in [2.05, 4.69) is 15.5 Å². The maximum absolute atomic E-state index is 13.8. The Hall–Kier alpha value is -2.37. The summed E-state index contributed by atoms with van der Waals surface area (Å²) < 4.78 is 19.1. The molecule has 0 aliphatic carbocycles. The predicted octanol–water partition coefficient (Wildman–Crippen LogP) is 2.57. The molecule has 2 N–H and O–H groups in total. The third kappa shape index (κ3) is 3.81. The van der Waals surface area contributed by atoms with Crippen molar-refractivity contribution in [2.75, 3.05) is 0 Å². The molecule has 21 heavy (non-hydrogen) atoms. The van der Waals surface area contributed by atoms with Gasteiger partial charge in [0.2, 0.25) is 0 Å². The molecule has 0 spiro atoms. The van der Waals surface area contributed by atoms with Gasteiger partial charge in [0.1, 0.15) is 0 Å². The summed E-state index contributed by atoms with van der Waals surface area (Å²) in [6, 6.07) is 4.66. The van der Waals surface area contributed by atoms with Crippen LogP contribution < -0.4 is 10.1 Å². The highest BCUT2D eigenvalue weighted by Crippen LogP contribution is 2.19. The Morgan fingerprint density at radius 1 is 1.48 bits per heavy atom. The van der Waals surface area contributed by atoms with Crippen LogP contribution in [-0.2, 0) is 6.54 Å². The van der Waals surface area contributed by atoms with Crippen molar-refractivity contribution in [2.45, 2.75) is 33.4 Å². The fraction of sp³-hybridized carbons (Fsp3) is 0.333. The zero-order valence-electron chi connectivity index (χ0n) is 12.2. The first-order valence-corrected chi connectivity index (χ1v) is 6.70. The summed E-state index contributed by atoms with van der Waals surface area (Å²) in [6.45, 7) is 5.67. The molecule has 5 nitrogen and oxygen atoms in total. The van der Waals surface area contributed by atoms with Crippen molar-refractivity contribution in [3.8, 4) is 5.75 Å². The molecule has 1 aromatic carbocycles. The van der Waals surface area contributed by atoms with Crippen LogP contribution in [0.5, 0.6) is 5.75 Å². The van der Waals surface area contributed by atoms with E-state index in [-0.39, 0.29) is 24.3 Å². The van der Waals surface area contributed by atoms with Crippen LogP contribution in [0.4, 0.5) is 4.39 Å². The number of carbonyl (C=O) groups excluding carboxylic acids is 1. The minimum absolute atomic E-state index is 0.0888. The second-order valence-corrected chi connectivity index (χ2v) is 5.02. The van der Waals surface area contributed by atoms with E-state index >= 15 is 0 Å². The van der Waals surface area contributed by atoms with Gasteiger partial charge in [-0.15, -0.1) is 0 Å². The van der Waals surface area contributed by atoms with Crippen molar-refractivity contribution in [1.82, 2.24) is 15.5 Å². The van der Waals surface area contributed by atoms with Gasteiger partial charge in [0.25, 0.3) is 5.91 Å². The number of amides is 1. The molecule has 6 heteroatoms. The molecule has 0 saturated heterocycles. The van der Waals surface area contributed by atoms with Crippen molar-refractivity contribution >= 4 is 5.91 Å². The zero-order chi connectivity index (χ0) is 15.4. The Bertz CT molecular complexity index is 638. The van der Waals surface area contributed by atoms with E-state index < -0.39 is 5.82 Å². The molecule has 0 aliphatic rings. The van der Waals surface area contributed by atoms with E-state index in [1.807, 2.05) is 13.8 Å². The van der Waals surface area contributed by atoms with E-state index in [0.29, 0.717) is 16.8 Å². The first kappa shape index (κ1) is 15.0. The maximum atomic E-state index is 13.8. The van der Waals surface area contributed by atoms with Gasteiger partial charge >= 0.3 is 0 Å². The van der Waals surface area contributed by atoms with E-state index in [0.717, 1.165) is 0 Å². The fourth-order valence-electron chi connectivity index (χ4n) is 1.86. The molecule has 1 heterocycles. The van der Waals surface area contributed by atoms with Crippen LogP contribution in [0.25, 0.3) is 0 Å². The van der Waals surface area contributed by atoms with Gasteiger partial charge in [0.05, 0.1) is 17.9 Å². The van der Waals surface area contributed by atoms with Crippen LogP contribution >= 0.6 is 0 Å². The molecular weight excluding hydrogens is 273 g/mol. The van der Waals surface area contributed by atoms with Gasteiger partial charge in [-0.05, 0) is 38.5 Å². The number of aromatic amines is 1. The number of rotatable bonds is 5. The summed E-state index contributed by atoms with van der Waals surface area (Å²) in [7, 11) is 0. The molecule has 0 radical (unpaired) electrons. The first-order valence-electron chi connectivity index (χ1n) is 6.70. The van der Waals surface area contributed by atoms with Gasteiger partial charge in [-0.25, -0.2) is 4.39 Å². The van der Waals surface area contributed by atoms with Gasteiger partial charge in [-0.3, -0.25) is 9.89 Å². The molecule has 1 amide bonds. The van der Waals surface area contributed by atoms with E-state index in [9.17, 15) is 9.18 Å². The molecule has 0 atom stereocenters. The second-order valence-electron chi connectivity index (χ2n) is 5.02. The van der Waals surface area contributed by atoms with Crippen LogP contribution in [0.1, 0.15) is 35.5 Å². The van der Waals surface area contributed by atoms with Gasteiger partial charge in [0.15, 0.2) is 11.6 Å². The summed E-state index contributed by atoms with van der Waals surface area (Å²) in [6.07, 6.45) is 1.37. The van der Waals surface area contributed by atoms with Gasteiger partial charge in [-0.1, -0.05) is 6.07 Å². The van der Waals surface area contributed by atoms with Crippen molar-refractivity contribution in [3.63, 3.8) is 0 Å². The third-order valence-corrected chi connectivity index (χ3v) is 2.89. The summed E-state index contributed by atoms with van der Waals surface area (Å²) in [5.74, 6) is -0.468. The standard InChI is InChI=1S/C15H18FN3O2/c1-9(2)21-14-5-4-11(6-13(14)16)7-17-15(20)12-8-18-19-10(12)3/h4-6,8-9H,7H2,1-3H3,(H,17,20)(H,18,19). The normalized spacial score (nSPS) is 10.7. The van der Waals surface area contributed by atoms with E-state index in [1.165, 1.54) is 12.3 Å². The SMILES string of the molecule is Cc1[nH]ncc1C(=O)NCc1ccc(OC(C)C)c(F)c1. The number of halogens is 1. The lowest BCUT2D eigenvalue weighted by Gasteiger charge is -2.11. The second kappa shape index (κ2) is 6.39. The quantitative estimate of drug-likeness (QED) is 0.889. The number of carbonyl (C=O) groups is 1. The Morgan fingerprint density at radius 3 is 2.81 bits per heavy atom. The molecular formula is C15H18FN3O2. The number of H-pyrrole nitrogens is 1. The summed E-state index contributed by atoms with van der Waals surface area (Å²) >= 11 is 0. The minimum atomic E-state index is -0.435. The lowest BCUT2D eigenvalue weighted by Crippen LogP contribution is -2.23. The Balaban J connectivity index is 1.99. The molecule has 2 aromatic rings. The molecule has 112 valence electrons. The Labute approximate surface area is 122 Å². The summed E-state index contributed by atoms with van der Waals surface area (Å²) in [4.78, 5) is 11.9. The lowest BCUT2D eigenvalue weighted by atomic mass is 10.2. The predicted molar refractivity (Wildman–Crippen MR) is 76.7 cm³/mol. The summed E-state index contributed by atoms with van der Waals surface area (Å²) in [5, 5.41) is 9.21. The third-order valence-electron chi connectivity index (χ3n) is 2.89. The molecule has 0 saturated carbocycles. The van der Waals surface area contributed by atoms with Crippen LogP contribution in [0.3, 0.4) is 0 Å². The number of aromatic nitrogens is 2. The molecule has 0 aliphatic heterocycles. The fourth-order valence-corrected chi connectivity index (χ4v) is 1.86. The maximum Gasteiger partial charge on any atom is 0.255 e. The molecule has 0 fully saturated rings. The number of hydrogen-bond acceptors (Lipinski definition) is 3. The molecule has 2 rings (SSSR count). The Morgan fingerprint density at radius 2 is 2.24 bits per heavy atom. The van der Waals surface area contributed by atoms with Crippen molar-refractivity contribution in [2.24, 2.45) is 0 Å². The monoisotopic (exact) mass is 291 g/mol. The van der Waals surface area contributed by atoms with Gasteiger partial charge < -0.3 is 10.1 Å². The Kier molecular flexibility index (Phi) is 4.57. The topological polar surface area (TPSA) is 67.0 Å². The largest absolute Gasteiger partial charge is 0.488 e. The van der Waals surface area contributed by atoms with Crippen molar-refractivity contribution in [1.29, 1.82) is 0 Å². The minimum Gasteiger partial charge on any atom is -0.488 e.